The number of carbonyl (C=O) groups is 1. The highest BCUT2D eigenvalue weighted by atomic mass is 127. The van der Waals surface area contributed by atoms with Crippen LogP contribution in [0.5, 0.6) is 17.2 Å². The molecule has 0 unspecified atom stereocenters. The van der Waals surface area contributed by atoms with E-state index in [-0.39, 0.29) is 29.4 Å². The first-order valence-corrected chi connectivity index (χ1v) is 11.8. The molecule has 3 aromatic carbocycles. The Kier molecular flexibility index (Phi) is 8.75. The van der Waals surface area contributed by atoms with Gasteiger partial charge in [-0.3, -0.25) is 25.0 Å². The van der Waals surface area contributed by atoms with E-state index in [0.717, 1.165) is 23.8 Å². The number of para-hydroxylation sites is 1. The molecular weight excluding hydrogens is 595 g/mol. The molecule has 1 N–H and O–H groups in total. The minimum atomic E-state index is -0.779. The third-order valence-electron chi connectivity index (χ3n) is 4.96. The van der Waals surface area contributed by atoms with Crippen molar-refractivity contribution in [2.75, 3.05) is 11.9 Å². The number of nitrogens with one attached hydrogen (secondary N) is 1. The van der Waals surface area contributed by atoms with Crippen molar-refractivity contribution in [3.05, 3.63) is 95.1 Å². The summed E-state index contributed by atoms with van der Waals surface area (Å²) in [6, 6.07) is 15.2. The summed E-state index contributed by atoms with van der Waals surface area (Å²) >= 11 is 1.93. The summed E-state index contributed by atoms with van der Waals surface area (Å²) in [5.41, 5.74) is 0.675. The number of non-ortho nitro benzene ring substituents is 1. The number of nitro groups is 2. The fourth-order valence-electron chi connectivity index (χ4n) is 3.21. The lowest BCUT2D eigenvalue weighted by molar-refractivity contribution is -0.394. The maximum Gasteiger partial charge on any atom is 0.318 e. The zero-order chi connectivity index (χ0) is 27.1. The first-order chi connectivity index (χ1) is 17.6. The molecule has 0 atom stereocenters. The Morgan fingerprint density at radius 3 is 2.46 bits per heavy atom. The van der Waals surface area contributed by atoms with Gasteiger partial charge in [0.25, 0.3) is 11.6 Å². The second-order valence-electron chi connectivity index (χ2n) is 7.47. The van der Waals surface area contributed by atoms with Gasteiger partial charge in [0.2, 0.25) is 5.75 Å². The zero-order valence-electron chi connectivity index (χ0n) is 19.6. The smallest absolute Gasteiger partial charge is 0.318 e. The lowest BCUT2D eigenvalue weighted by Crippen LogP contribution is -2.14. The van der Waals surface area contributed by atoms with Crippen molar-refractivity contribution in [3.63, 3.8) is 0 Å². The molecule has 37 heavy (non-hydrogen) atoms. The van der Waals surface area contributed by atoms with Gasteiger partial charge in [-0.15, -0.1) is 0 Å². The van der Waals surface area contributed by atoms with Gasteiger partial charge >= 0.3 is 5.69 Å². The van der Waals surface area contributed by atoms with E-state index in [0.29, 0.717) is 14.8 Å². The van der Waals surface area contributed by atoms with Gasteiger partial charge < -0.3 is 14.8 Å². The van der Waals surface area contributed by atoms with Crippen molar-refractivity contribution in [2.24, 2.45) is 0 Å². The number of anilines is 1. The van der Waals surface area contributed by atoms with Gasteiger partial charge in [0.15, 0.2) is 11.5 Å². The summed E-state index contributed by atoms with van der Waals surface area (Å²) < 4.78 is 11.9. The molecule has 0 aliphatic heterocycles. The van der Waals surface area contributed by atoms with Crippen molar-refractivity contribution in [2.45, 2.75) is 13.8 Å². The largest absolute Gasteiger partial charge is 0.490 e. The van der Waals surface area contributed by atoms with Crippen molar-refractivity contribution >= 4 is 51.6 Å². The predicted molar refractivity (Wildman–Crippen MR) is 144 cm³/mol. The lowest BCUT2D eigenvalue weighted by Gasteiger charge is -2.15. The fourth-order valence-corrected chi connectivity index (χ4v) is 3.95. The molecule has 3 aromatic rings. The number of rotatable bonds is 9. The quantitative estimate of drug-likeness (QED) is 0.0988. The average molecular weight is 614 g/mol. The predicted octanol–water partition coefficient (Wildman–Crippen LogP) is 6.15. The SMILES string of the molecule is CCOc1cc(/C=C(\C#N)C(=O)Nc2ccccc2C)cc(I)c1Oc1ccc([N+](=O)[O-])cc1[N+](=O)[O-]. The minimum absolute atomic E-state index is 0.138. The molecule has 12 heteroatoms. The maximum absolute atomic E-state index is 12.7. The number of ether oxygens (including phenoxy) is 2. The maximum atomic E-state index is 12.7. The number of aryl methyl sites for hydroxylation is 1. The third kappa shape index (κ3) is 6.58. The van der Waals surface area contributed by atoms with E-state index < -0.39 is 27.1 Å². The molecular formula is C25H19IN4O7. The Hall–Kier alpha value is -4.51. The lowest BCUT2D eigenvalue weighted by atomic mass is 10.1. The van der Waals surface area contributed by atoms with E-state index in [1.807, 2.05) is 47.7 Å². The van der Waals surface area contributed by atoms with Crippen LogP contribution in [0.2, 0.25) is 0 Å². The molecule has 0 spiro atoms. The molecule has 1 amide bonds. The first-order valence-electron chi connectivity index (χ1n) is 10.7. The molecule has 0 saturated carbocycles. The van der Waals surface area contributed by atoms with Crippen LogP contribution >= 0.6 is 22.6 Å². The van der Waals surface area contributed by atoms with E-state index in [2.05, 4.69) is 5.32 Å². The van der Waals surface area contributed by atoms with Gasteiger partial charge in [-0.25, -0.2) is 0 Å². The second kappa shape index (κ2) is 12.0. The van der Waals surface area contributed by atoms with Gasteiger partial charge in [-0.05, 0) is 77.9 Å². The van der Waals surface area contributed by atoms with Crippen LogP contribution < -0.4 is 14.8 Å². The van der Waals surface area contributed by atoms with Crippen LogP contribution in [0.1, 0.15) is 18.1 Å². The summed E-state index contributed by atoms with van der Waals surface area (Å²) in [7, 11) is 0. The molecule has 11 nitrogen and oxygen atoms in total. The molecule has 0 saturated heterocycles. The van der Waals surface area contributed by atoms with E-state index >= 15 is 0 Å². The van der Waals surface area contributed by atoms with Gasteiger partial charge in [-0.2, -0.15) is 5.26 Å². The number of nitro benzene ring substituents is 2. The molecule has 0 aliphatic rings. The first kappa shape index (κ1) is 27.1. The normalized spacial score (nSPS) is 10.8. The van der Waals surface area contributed by atoms with Crippen LogP contribution in [0, 0.1) is 42.1 Å². The van der Waals surface area contributed by atoms with Gasteiger partial charge in [0.1, 0.15) is 11.6 Å². The average Bonchev–Trinajstić information content (AvgIpc) is 2.86. The van der Waals surface area contributed by atoms with Crippen LogP contribution in [0.4, 0.5) is 17.1 Å². The molecule has 3 rings (SSSR count). The minimum Gasteiger partial charge on any atom is -0.490 e. The highest BCUT2D eigenvalue weighted by Gasteiger charge is 2.24. The monoisotopic (exact) mass is 614 g/mol. The third-order valence-corrected chi connectivity index (χ3v) is 5.76. The molecule has 0 radical (unpaired) electrons. The van der Waals surface area contributed by atoms with Gasteiger partial charge in [0, 0.05) is 11.8 Å². The van der Waals surface area contributed by atoms with Crippen molar-refractivity contribution in [3.8, 4) is 23.3 Å². The standard InChI is InChI=1S/C25H19IN4O7/c1-3-36-23-12-16(10-17(14-27)25(31)28-20-7-5-4-6-15(20)2)11-19(26)24(23)37-22-9-8-18(29(32)33)13-21(22)30(34)35/h4-13H,3H2,1-2H3,(H,28,31)/b17-10+. The van der Waals surface area contributed by atoms with Gasteiger partial charge in [-0.1, -0.05) is 18.2 Å². The van der Waals surface area contributed by atoms with Crippen molar-refractivity contribution in [1.29, 1.82) is 5.26 Å². The molecule has 0 bridgehead atoms. The highest BCUT2D eigenvalue weighted by Crippen LogP contribution is 2.41. The number of benzene rings is 3. The van der Waals surface area contributed by atoms with Crippen LogP contribution in [-0.2, 0) is 4.79 Å². The topological polar surface area (TPSA) is 158 Å². The Morgan fingerprint density at radius 2 is 1.84 bits per heavy atom. The Balaban J connectivity index is 1.99. The second-order valence-corrected chi connectivity index (χ2v) is 8.63. The summed E-state index contributed by atoms with van der Waals surface area (Å²) in [4.78, 5) is 33.7. The number of hydrogen-bond donors (Lipinski definition) is 1. The van der Waals surface area contributed by atoms with Crippen LogP contribution in [0.3, 0.4) is 0 Å². The number of halogens is 1. The van der Waals surface area contributed by atoms with Gasteiger partial charge in [0.05, 0.1) is 26.1 Å². The Labute approximate surface area is 224 Å². The Bertz CT molecular complexity index is 1460. The van der Waals surface area contributed by atoms with Crippen molar-refractivity contribution in [1.82, 2.24) is 0 Å². The number of amides is 1. The van der Waals surface area contributed by atoms with E-state index in [4.69, 9.17) is 9.47 Å². The molecule has 0 aromatic heterocycles. The zero-order valence-corrected chi connectivity index (χ0v) is 21.7. The summed E-state index contributed by atoms with van der Waals surface area (Å²) in [5, 5.41) is 34.8. The van der Waals surface area contributed by atoms with Crippen LogP contribution in [0.25, 0.3) is 6.08 Å². The Morgan fingerprint density at radius 1 is 1.11 bits per heavy atom. The number of hydrogen-bond acceptors (Lipinski definition) is 8. The summed E-state index contributed by atoms with van der Waals surface area (Å²) in [5.74, 6) is -0.469. The summed E-state index contributed by atoms with van der Waals surface area (Å²) in [6.07, 6.45) is 1.39. The molecule has 188 valence electrons. The number of nitriles is 1. The van der Waals surface area contributed by atoms with E-state index in [1.54, 1.807) is 25.1 Å². The molecule has 0 aliphatic carbocycles. The number of carbonyl (C=O) groups excluding carboxylic acids is 1. The summed E-state index contributed by atoms with van der Waals surface area (Å²) in [6.45, 7) is 3.78. The van der Waals surface area contributed by atoms with Crippen LogP contribution in [0.15, 0.2) is 60.2 Å². The number of nitrogens with zero attached hydrogens (tertiary/aromatic N) is 3. The van der Waals surface area contributed by atoms with E-state index in [1.165, 1.54) is 12.1 Å². The molecule has 0 heterocycles. The van der Waals surface area contributed by atoms with E-state index in [9.17, 15) is 30.3 Å². The van der Waals surface area contributed by atoms with Crippen LogP contribution in [-0.4, -0.2) is 22.4 Å². The fraction of sp³-hybridized carbons (Fsp3) is 0.120. The highest BCUT2D eigenvalue weighted by molar-refractivity contribution is 14.1. The van der Waals surface area contributed by atoms with Crippen molar-refractivity contribution < 1.29 is 24.1 Å². The molecule has 0 fully saturated rings.